The summed E-state index contributed by atoms with van der Waals surface area (Å²) in [5.74, 6) is -0.0347. The van der Waals surface area contributed by atoms with Crippen LogP contribution in [0.5, 0.6) is 0 Å². The highest BCUT2D eigenvalue weighted by atomic mass is 79.9. The Morgan fingerprint density at radius 1 is 1.39 bits per heavy atom. The van der Waals surface area contributed by atoms with Crippen LogP contribution >= 0.6 is 15.9 Å². The van der Waals surface area contributed by atoms with Crippen molar-refractivity contribution in [1.82, 2.24) is 14.7 Å². The number of nitrogens with zero attached hydrogens (tertiary/aromatic N) is 3. The summed E-state index contributed by atoms with van der Waals surface area (Å²) in [5, 5.41) is 4.27. The second kappa shape index (κ2) is 5.01. The fraction of sp³-hybridized carbons (Fsp3) is 0.667. The molecule has 1 saturated heterocycles. The molecule has 0 bridgehead atoms. The molecule has 0 unspecified atom stereocenters. The third-order valence-electron chi connectivity index (χ3n) is 3.17. The lowest BCUT2D eigenvalue weighted by Gasteiger charge is -2.34. The van der Waals surface area contributed by atoms with Crippen molar-refractivity contribution in [2.24, 2.45) is 7.05 Å². The number of carbonyl (C=O) groups excluding carboxylic acids is 1. The number of rotatable bonds is 1. The maximum absolute atomic E-state index is 12.4. The van der Waals surface area contributed by atoms with E-state index < -0.39 is 0 Å². The molecule has 1 aromatic heterocycles. The molecule has 2 heterocycles. The number of halogens is 1. The first kappa shape index (κ1) is 13.5. The lowest BCUT2D eigenvalue weighted by Crippen LogP contribution is -2.48. The minimum Gasteiger partial charge on any atom is -0.372 e. The van der Waals surface area contributed by atoms with Gasteiger partial charge in [-0.15, -0.1) is 0 Å². The van der Waals surface area contributed by atoms with Gasteiger partial charge in [0.2, 0.25) is 0 Å². The zero-order valence-electron chi connectivity index (χ0n) is 11.1. The Kier molecular flexibility index (Phi) is 3.77. The molecule has 1 amide bonds. The second-order valence-electron chi connectivity index (χ2n) is 4.84. The van der Waals surface area contributed by atoms with Gasteiger partial charge >= 0.3 is 0 Å². The van der Waals surface area contributed by atoms with Crippen molar-refractivity contribution in [2.45, 2.75) is 33.0 Å². The van der Waals surface area contributed by atoms with E-state index in [1.165, 1.54) is 0 Å². The van der Waals surface area contributed by atoms with Gasteiger partial charge in [-0.1, -0.05) is 0 Å². The number of hydrogen-bond donors (Lipinski definition) is 0. The summed E-state index contributed by atoms with van der Waals surface area (Å²) in [6.45, 7) is 7.12. The van der Waals surface area contributed by atoms with Crippen LogP contribution in [0.4, 0.5) is 0 Å². The molecule has 18 heavy (non-hydrogen) atoms. The Bertz CT molecular complexity index is 462. The van der Waals surface area contributed by atoms with E-state index in [-0.39, 0.29) is 18.1 Å². The lowest BCUT2D eigenvalue weighted by molar-refractivity contribution is -0.0587. The molecule has 1 aliphatic heterocycles. The van der Waals surface area contributed by atoms with Gasteiger partial charge in [0.25, 0.3) is 5.91 Å². The van der Waals surface area contributed by atoms with Crippen LogP contribution in [0.15, 0.2) is 4.47 Å². The number of aryl methyl sites for hydroxylation is 1. The molecule has 2 atom stereocenters. The van der Waals surface area contributed by atoms with Crippen molar-refractivity contribution in [1.29, 1.82) is 0 Å². The van der Waals surface area contributed by atoms with Crippen LogP contribution in [-0.4, -0.2) is 45.9 Å². The summed E-state index contributed by atoms with van der Waals surface area (Å²) in [7, 11) is 1.83. The van der Waals surface area contributed by atoms with Crippen LogP contribution in [0.1, 0.15) is 30.0 Å². The monoisotopic (exact) mass is 315 g/mol. The highest BCUT2D eigenvalue weighted by Crippen LogP contribution is 2.23. The molecule has 1 aromatic rings. The highest BCUT2D eigenvalue weighted by molar-refractivity contribution is 9.10. The molecule has 0 saturated carbocycles. The minimum absolute atomic E-state index is 0.0347. The van der Waals surface area contributed by atoms with E-state index in [0.717, 1.165) is 10.2 Å². The van der Waals surface area contributed by atoms with Gasteiger partial charge in [-0.05, 0) is 36.7 Å². The van der Waals surface area contributed by atoms with E-state index in [1.807, 2.05) is 32.7 Å². The fourth-order valence-corrected chi connectivity index (χ4v) is 2.72. The van der Waals surface area contributed by atoms with Crippen LogP contribution in [0, 0.1) is 6.92 Å². The Labute approximate surface area is 115 Å². The highest BCUT2D eigenvalue weighted by Gasteiger charge is 2.29. The molecule has 0 aliphatic carbocycles. The Morgan fingerprint density at radius 3 is 2.39 bits per heavy atom. The quantitative estimate of drug-likeness (QED) is 0.793. The smallest absolute Gasteiger partial charge is 0.275 e. The first-order valence-electron chi connectivity index (χ1n) is 6.04. The zero-order chi connectivity index (χ0) is 13.4. The normalized spacial score (nSPS) is 24.4. The number of ether oxygens (including phenoxy) is 1. The summed E-state index contributed by atoms with van der Waals surface area (Å²) < 4.78 is 8.12. The number of morpholine rings is 1. The van der Waals surface area contributed by atoms with Crippen molar-refractivity contribution >= 4 is 21.8 Å². The summed E-state index contributed by atoms with van der Waals surface area (Å²) >= 11 is 3.44. The van der Waals surface area contributed by atoms with Crippen LogP contribution in [-0.2, 0) is 11.8 Å². The summed E-state index contributed by atoms with van der Waals surface area (Å²) in [5.41, 5.74) is 1.43. The molecule has 1 aliphatic rings. The van der Waals surface area contributed by atoms with Crippen molar-refractivity contribution in [3.63, 3.8) is 0 Å². The summed E-state index contributed by atoms with van der Waals surface area (Å²) in [6, 6.07) is 0. The standard InChI is InChI=1S/C12H18BrN3O2/c1-7-5-16(6-8(2)18-7)12(17)11-10(13)9(3)15(4)14-11/h7-8H,5-6H2,1-4H3/t7-,8-/m0/s1. The predicted molar refractivity (Wildman–Crippen MR) is 71.6 cm³/mol. The van der Waals surface area contributed by atoms with Gasteiger partial charge in [0.15, 0.2) is 5.69 Å². The van der Waals surface area contributed by atoms with E-state index in [2.05, 4.69) is 21.0 Å². The largest absolute Gasteiger partial charge is 0.372 e. The molecule has 6 heteroatoms. The van der Waals surface area contributed by atoms with Crippen molar-refractivity contribution in [3.8, 4) is 0 Å². The molecule has 5 nitrogen and oxygen atoms in total. The van der Waals surface area contributed by atoms with E-state index in [1.54, 1.807) is 4.68 Å². The van der Waals surface area contributed by atoms with Gasteiger partial charge in [0.05, 0.1) is 22.4 Å². The Morgan fingerprint density at radius 2 is 1.94 bits per heavy atom. The van der Waals surface area contributed by atoms with E-state index in [4.69, 9.17) is 4.74 Å². The number of carbonyl (C=O) groups is 1. The zero-order valence-corrected chi connectivity index (χ0v) is 12.7. The van der Waals surface area contributed by atoms with Crippen molar-refractivity contribution < 1.29 is 9.53 Å². The van der Waals surface area contributed by atoms with Gasteiger partial charge in [-0.25, -0.2) is 0 Å². The van der Waals surface area contributed by atoms with Crippen molar-refractivity contribution in [3.05, 3.63) is 15.9 Å². The van der Waals surface area contributed by atoms with Crippen LogP contribution in [0.2, 0.25) is 0 Å². The first-order chi connectivity index (χ1) is 8.40. The topological polar surface area (TPSA) is 47.4 Å². The summed E-state index contributed by atoms with van der Waals surface area (Å²) in [4.78, 5) is 14.3. The fourth-order valence-electron chi connectivity index (χ4n) is 2.21. The maximum Gasteiger partial charge on any atom is 0.275 e. The van der Waals surface area contributed by atoms with Crippen LogP contribution < -0.4 is 0 Å². The number of amides is 1. The average Bonchev–Trinajstić information content (AvgIpc) is 2.55. The van der Waals surface area contributed by atoms with E-state index in [9.17, 15) is 4.79 Å². The van der Waals surface area contributed by atoms with Gasteiger partial charge in [0, 0.05) is 20.1 Å². The van der Waals surface area contributed by atoms with Crippen molar-refractivity contribution in [2.75, 3.05) is 13.1 Å². The third kappa shape index (κ3) is 2.44. The van der Waals surface area contributed by atoms with Gasteiger partial charge in [-0.3, -0.25) is 9.48 Å². The molecule has 1 fully saturated rings. The Balaban J connectivity index is 2.23. The number of hydrogen-bond acceptors (Lipinski definition) is 3. The van der Waals surface area contributed by atoms with Gasteiger partial charge in [-0.2, -0.15) is 5.10 Å². The molecular formula is C12H18BrN3O2. The van der Waals surface area contributed by atoms with Crippen LogP contribution in [0.25, 0.3) is 0 Å². The van der Waals surface area contributed by atoms with Gasteiger partial charge in [0.1, 0.15) is 0 Å². The number of aromatic nitrogens is 2. The minimum atomic E-state index is -0.0347. The average molecular weight is 316 g/mol. The predicted octanol–water partition coefficient (Wildman–Crippen LogP) is 1.74. The molecule has 0 N–H and O–H groups in total. The van der Waals surface area contributed by atoms with E-state index >= 15 is 0 Å². The second-order valence-corrected chi connectivity index (χ2v) is 5.63. The molecule has 0 aromatic carbocycles. The first-order valence-corrected chi connectivity index (χ1v) is 6.83. The SMILES string of the molecule is Cc1c(Br)c(C(=O)N2C[C@H](C)O[C@@H](C)C2)nn1C. The van der Waals surface area contributed by atoms with E-state index in [0.29, 0.717) is 18.8 Å². The molecule has 2 rings (SSSR count). The Hall–Kier alpha value is -0.880. The van der Waals surface area contributed by atoms with Crippen LogP contribution in [0.3, 0.4) is 0 Å². The maximum atomic E-state index is 12.4. The van der Waals surface area contributed by atoms with Gasteiger partial charge < -0.3 is 9.64 Å². The molecule has 100 valence electrons. The third-order valence-corrected chi connectivity index (χ3v) is 4.12. The molecular weight excluding hydrogens is 298 g/mol. The summed E-state index contributed by atoms with van der Waals surface area (Å²) in [6.07, 6.45) is 0.141. The lowest BCUT2D eigenvalue weighted by atomic mass is 10.2. The molecule has 0 spiro atoms. The molecule has 0 radical (unpaired) electrons.